The van der Waals surface area contributed by atoms with E-state index in [1.54, 1.807) is 0 Å². The predicted octanol–water partition coefficient (Wildman–Crippen LogP) is -4.38. The molecule has 4 heteroatoms. The van der Waals surface area contributed by atoms with Gasteiger partial charge >= 0.3 is 18.9 Å². The second-order valence-corrected chi connectivity index (χ2v) is 0. The van der Waals surface area contributed by atoms with Crippen molar-refractivity contribution < 1.29 is 29.8 Å². The Kier molecular flexibility index (Phi) is 560. The summed E-state index contributed by atoms with van der Waals surface area (Å²) in [5, 5.41) is 0. The van der Waals surface area contributed by atoms with Crippen LogP contribution in [-0.2, 0) is 0 Å². The van der Waals surface area contributed by atoms with Crippen molar-refractivity contribution in [2.45, 2.75) is 0 Å². The Morgan fingerprint density at radius 2 is 1.00 bits per heavy atom. The summed E-state index contributed by atoms with van der Waals surface area (Å²) in [7, 11) is 0. The van der Waals surface area contributed by atoms with Gasteiger partial charge in [0.2, 0.25) is 0 Å². The Morgan fingerprint density at radius 3 is 1.00 bits per heavy atom. The molecule has 1 radical (unpaired) electrons. The van der Waals surface area contributed by atoms with Gasteiger partial charge in [-0.2, -0.15) is 0 Å². The monoisotopic (exact) mass is 49.0 g/mol. The standard InChI is InChI=1S/2Li.2H2O/h;;2*1H2/q;+1;;/p-1. The van der Waals surface area contributed by atoms with Gasteiger partial charge in [0.25, 0.3) is 0 Å². The Bertz CT molecular complexity index is 4.00. The third-order valence-corrected chi connectivity index (χ3v) is 0. The Labute approximate surface area is 48.9 Å². The van der Waals surface area contributed by atoms with Gasteiger partial charge in [-0.15, -0.1) is 0 Å². The Balaban J connectivity index is 0. The van der Waals surface area contributed by atoms with Crippen molar-refractivity contribution in [1.29, 1.82) is 0 Å². The van der Waals surface area contributed by atoms with E-state index in [1.165, 1.54) is 0 Å². The number of hydrogen-bond acceptors (Lipinski definition) is 1. The molecule has 0 aromatic carbocycles. The van der Waals surface area contributed by atoms with E-state index in [9.17, 15) is 0 Å². The predicted molar refractivity (Wildman–Crippen MR) is 11.3 cm³/mol. The largest absolute Gasteiger partial charge is 1.00 e. The van der Waals surface area contributed by atoms with Crippen LogP contribution in [0.3, 0.4) is 0 Å². The molecule has 0 saturated carbocycles. The molecule has 0 aliphatic carbocycles. The normalized spacial score (nSPS) is 0. The van der Waals surface area contributed by atoms with E-state index in [0.717, 1.165) is 0 Å². The average Bonchev–Trinajstić information content (AvgIpc) is 0. The van der Waals surface area contributed by atoms with Gasteiger partial charge in [-0.1, -0.05) is 0 Å². The fraction of sp³-hybridized carbons (Fsp3) is 0. The molecule has 0 saturated heterocycles. The molecule has 0 aromatic rings. The smallest absolute Gasteiger partial charge is 0.870 e. The van der Waals surface area contributed by atoms with E-state index < -0.39 is 0 Å². The summed E-state index contributed by atoms with van der Waals surface area (Å²) in [4.78, 5) is 0. The summed E-state index contributed by atoms with van der Waals surface area (Å²) in [6.45, 7) is 0. The molecule has 0 aliphatic rings. The molecule has 0 fully saturated rings. The van der Waals surface area contributed by atoms with Crippen molar-refractivity contribution in [1.82, 2.24) is 0 Å². The van der Waals surface area contributed by atoms with Crippen molar-refractivity contribution in [2.24, 2.45) is 0 Å². The van der Waals surface area contributed by atoms with Crippen molar-refractivity contribution in [3.05, 3.63) is 0 Å². The first-order valence-electron chi connectivity index (χ1n) is 0. The van der Waals surface area contributed by atoms with Gasteiger partial charge in [-0.05, 0) is 0 Å². The zero-order valence-electron chi connectivity index (χ0n) is 2.95. The van der Waals surface area contributed by atoms with Gasteiger partial charge in [0, 0.05) is 18.9 Å². The van der Waals surface area contributed by atoms with Gasteiger partial charge in [0.05, 0.1) is 0 Å². The van der Waals surface area contributed by atoms with Crippen LogP contribution in [0.25, 0.3) is 0 Å². The van der Waals surface area contributed by atoms with Crippen LogP contribution in [0.1, 0.15) is 0 Å². The van der Waals surface area contributed by atoms with Crippen LogP contribution < -0.4 is 18.9 Å². The van der Waals surface area contributed by atoms with Crippen LogP contribution in [0.2, 0.25) is 0 Å². The average molecular weight is 48.9 g/mol. The minimum atomic E-state index is 0. The topological polar surface area (TPSA) is 61.5 Å². The fourth-order valence-corrected chi connectivity index (χ4v) is 0. The second kappa shape index (κ2) is 32.1. The molecule has 17 valence electrons. The van der Waals surface area contributed by atoms with Gasteiger partial charge < -0.3 is 11.0 Å². The Morgan fingerprint density at radius 1 is 1.00 bits per heavy atom. The van der Waals surface area contributed by atoms with Crippen LogP contribution >= 0.6 is 0 Å². The maximum absolute atomic E-state index is 0. The van der Waals surface area contributed by atoms with E-state index in [2.05, 4.69) is 0 Å². The number of hydrogen-bond donors (Lipinski definition) is 0. The van der Waals surface area contributed by atoms with Crippen LogP contribution in [0, 0.1) is 0 Å². The summed E-state index contributed by atoms with van der Waals surface area (Å²) in [5.74, 6) is 0. The quantitative estimate of drug-likeness (QED) is 0.255. The summed E-state index contributed by atoms with van der Waals surface area (Å²) < 4.78 is 0. The first-order valence-corrected chi connectivity index (χ1v) is 0. The molecule has 0 spiro atoms. The fourth-order valence-electron chi connectivity index (χ4n) is 0. The molecule has 0 heterocycles. The van der Waals surface area contributed by atoms with E-state index in [4.69, 9.17) is 0 Å². The summed E-state index contributed by atoms with van der Waals surface area (Å²) in [5.41, 5.74) is 0. The SMILES string of the molecule is O.[Li+].[Li].[OH-]. The van der Waals surface area contributed by atoms with Crippen LogP contribution in [0.5, 0.6) is 0 Å². The minimum absolute atomic E-state index is 0. The van der Waals surface area contributed by atoms with Crippen LogP contribution in [0.4, 0.5) is 0 Å². The summed E-state index contributed by atoms with van der Waals surface area (Å²) >= 11 is 0. The maximum Gasteiger partial charge on any atom is 1.00 e. The Hall–Kier alpha value is 1.11. The first kappa shape index (κ1) is 69.7. The second-order valence-electron chi connectivity index (χ2n) is 0. The molecule has 0 aromatic heterocycles. The molecule has 0 rings (SSSR count). The molecule has 0 aliphatic heterocycles. The van der Waals surface area contributed by atoms with Gasteiger partial charge in [-0.3, -0.25) is 0 Å². The van der Waals surface area contributed by atoms with Crippen LogP contribution in [0.15, 0.2) is 0 Å². The summed E-state index contributed by atoms with van der Waals surface area (Å²) in [6.07, 6.45) is 0. The molecular formula is H3Li2O2. The van der Waals surface area contributed by atoms with E-state index in [1.807, 2.05) is 0 Å². The molecule has 4 heavy (non-hydrogen) atoms. The molecule has 2 nitrogen and oxygen atoms in total. The van der Waals surface area contributed by atoms with Gasteiger partial charge in [0.1, 0.15) is 0 Å². The minimum Gasteiger partial charge on any atom is -0.870 e. The van der Waals surface area contributed by atoms with Gasteiger partial charge in [-0.25, -0.2) is 0 Å². The molecule has 0 bridgehead atoms. The van der Waals surface area contributed by atoms with Gasteiger partial charge in [0.15, 0.2) is 0 Å². The molecular weight excluding hydrogens is 45.9 g/mol. The maximum atomic E-state index is 0. The molecule has 0 unspecified atom stereocenters. The third kappa shape index (κ3) is 11.2. The van der Waals surface area contributed by atoms with Crippen molar-refractivity contribution in [3.63, 3.8) is 0 Å². The molecule has 0 atom stereocenters. The van der Waals surface area contributed by atoms with Crippen molar-refractivity contribution in [2.75, 3.05) is 0 Å². The van der Waals surface area contributed by atoms with Crippen molar-refractivity contribution in [3.8, 4) is 0 Å². The van der Waals surface area contributed by atoms with Crippen molar-refractivity contribution >= 4 is 18.9 Å². The van der Waals surface area contributed by atoms with E-state index in [-0.39, 0.29) is 48.7 Å². The number of rotatable bonds is 0. The van der Waals surface area contributed by atoms with Crippen LogP contribution in [-0.4, -0.2) is 29.8 Å². The third-order valence-electron chi connectivity index (χ3n) is 0. The summed E-state index contributed by atoms with van der Waals surface area (Å²) in [6, 6.07) is 0. The van der Waals surface area contributed by atoms with E-state index in [0.29, 0.717) is 0 Å². The first-order chi connectivity index (χ1) is 0. The zero-order valence-corrected chi connectivity index (χ0v) is 2.95. The molecule has 3 N–H and O–H groups in total. The zero-order chi connectivity index (χ0) is 0. The molecule has 0 amide bonds. The van der Waals surface area contributed by atoms with E-state index >= 15 is 0 Å².